The predicted molar refractivity (Wildman–Crippen MR) is 75.1 cm³/mol. The second-order valence-electron chi connectivity index (χ2n) is 5.54. The highest BCUT2D eigenvalue weighted by Gasteiger charge is 2.29. The number of carbonyl (C=O) groups is 1. The van der Waals surface area contributed by atoms with E-state index < -0.39 is 17.5 Å². The molecule has 2 rings (SSSR count). The number of hydrogen-bond acceptors (Lipinski definition) is 1. The van der Waals surface area contributed by atoms with Gasteiger partial charge in [0.1, 0.15) is 0 Å². The van der Waals surface area contributed by atoms with Gasteiger partial charge in [0, 0.05) is 18.7 Å². The van der Waals surface area contributed by atoms with E-state index >= 15 is 0 Å². The first-order valence-corrected chi connectivity index (χ1v) is 7.15. The standard InChI is InChI=1S/C15H18ClF2NO/c1-8-4-6-19(7-5-8)15(20)11-9(2)12(16)10(3)13(17)14(11)18/h8H,4-7H2,1-3H3. The van der Waals surface area contributed by atoms with E-state index in [9.17, 15) is 13.6 Å². The lowest BCUT2D eigenvalue weighted by molar-refractivity contribution is 0.0690. The highest BCUT2D eigenvalue weighted by molar-refractivity contribution is 6.32. The fourth-order valence-electron chi connectivity index (χ4n) is 2.55. The molecule has 0 saturated carbocycles. The molecule has 2 nitrogen and oxygen atoms in total. The molecule has 0 aliphatic carbocycles. The van der Waals surface area contributed by atoms with Crippen LogP contribution in [0.4, 0.5) is 8.78 Å². The molecule has 1 amide bonds. The predicted octanol–water partition coefficient (Wildman–Crippen LogP) is 4.11. The first-order valence-electron chi connectivity index (χ1n) is 6.77. The van der Waals surface area contributed by atoms with Crippen molar-refractivity contribution in [2.24, 2.45) is 5.92 Å². The number of rotatable bonds is 1. The zero-order chi connectivity index (χ0) is 15.0. The molecule has 0 N–H and O–H groups in total. The van der Waals surface area contributed by atoms with E-state index in [2.05, 4.69) is 6.92 Å². The van der Waals surface area contributed by atoms with Gasteiger partial charge in [0.2, 0.25) is 0 Å². The average molecular weight is 302 g/mol. The average Bonchev–Trinajstić information content (AvgIpc) is 2.44. The molecular weight excluding hydrogens is 284 g/mol. The SMILES string of the molecule is Cc1c(F)c(F)c(C(=O)N2CCC(C)CC2)c(C)c1Cl. The molecule has 1 heterocycles. The molecule has 0 bridgehead atoms. The molecule has 1 aromatic carbocycles. The summed E-state index contributed by atoms with van der Waals surface area (Å²) in [7, 11) is 0. The van der Waals surface area contributed by atoms with Crippen LogP contribution in [0.25, 0.3) is 0 Å². The Morgan fingerprint density at radius 3 is 2.25 bits per heavy atom. The Bertz CT molecular complexity index is 522. The number of piperidine rings is 1. The maximum Gasteiger partial charge on any atom is 0.257 e. The van der Waals surface area contributed by atoms with Crippen LogP contribution in [0.3, 0.4) is 0 Å². The van der Waals surface area contributed by atoms with Gasteiger partial charge in [0.25, 0.3) is 5.91 Å². The number of likely N-dealkylation sites (tertiary alicyclic amines) is 1. The molecule has 0 spiro atoms. The Morgan fingerprint density at radius 1 is 1.15 bits per heavy atom. The minimum atomic E-state index is -1.09. The van der Waals surface area contributed by atoms with E-state index in [0.717, 1.165) is 12.8 Å². The second kappa shape index (κ2) is 5.68. The van der Waals surface area contributed by atoms with Crippen LogP contribution in [0.2, 0.25) is 5.02 Å². The summed E-state index contributed by atoms with van der Waals surface area (Å²) in [4.78, 5) is 14.0. The Hall–Kier alpha value is -1.16. The van der Waals surface area contributed by atoms with Crippen molar-refractivity contribution in [3.8, 4) is 0 Å². The maximum absolute atomic E-state index is 14.1. The van der Waals surface area contributed by atoms with Crippen LogP contribution in [-0.2, 0) is 0 Å². The summed E-state index contributed by atoms with van der Waals surface area (Å²) in [6.07, 6.45) is 1.77. The molecule has 0 unspecified atom stereocenters. The van der Waals surface area contributed by atoms with E-state index in [1.165, 1.54) is 6.92 Å². The van der Waals surface area contributed by atoms with Gasteiger partial charge in [-0.1, -0.05) is 18.5 Å². The first kappa shape index (κ1) is 15.2. The molecular formula is C15H18ClF2NO. The van der Waals surface area contributed by atoms with Crippen molar-refractivity contribution in [1.29, 1.82) is 0 Å². The van der Waals surface area contributed by atoms with E-state index in [0.29, 0.717) is 24.6 Å². The van der Waals surface area contributed by atoms with Gasteiger partial charge >= 0.3 is 0 Å². The van der Waals surface area contributed by atoms with Gasteiger partial charge in [-0.05, 0) is 38.2 Å². The smallest absolute Gasteiger partial charge is 0.257 e. The first-order chi connectivity index (χ1) is 9.34. The molecule has 110 valence electrons. The van der Waals surface area contributed by atoms with Crippen LogP contribution in [0.5, 0.6) is 0 Å². The summed E-state index contributed by atoms with van der Waals surface area (Å²) >= 11 is 5.99. The van der Waals surface area contributed by atoms with Crippen molar-refractivity contribution < 1.29 is 13.6 Å². The highest BCUT2D eigenvalue weighted by Crippen LogP contribution is 2.30. The van der Waals surface area contributed by atoms with Gasteiger partial charge in [0.05, 0.1) is 10.6 Å². The summed E-state index contributed by atoms with van der Waals surface area (Å²) in [6.45, 7) is 6.23. The third-order valence-electron chi connectivity index (χ3n) is 4.06. The number of hydrogen-bond donors (Lipinski definition) is 0. The summed E-state index contributed by atoms with van der Waals surface area (Å²) in [5, 5.41) is 0.123. The van der Waals surface area contributed by atoms with Crippen molar-refractivity contribution in [3.63, 3.8) is 0 Å². The minimum Gasteiger partial charge on any atom is -0.339 e. The lowest BCUT2D eigenvalue weighted by atomic mass is 9.97. The Balaban J connectivity index is 2.40. The Kier molecular flexibility index (Phi) is 4.33. The van der Waals surface area contributed by atoms with Gasteiger partial charge in [-0.15, -0.1) is 0 Å². The van der Waals surface area contributed by atoms with Crippen LogP contribution in [-0.4, -0.2) is 23.9 Å². The molecule has 5 heteroatoms. The summed E-state index contributed by atoms with van der Waals surface area (Å²) < 4.78 is 27.9. The number of carbonyl (C=O) groups excluding carboxylic acids is 1. The van der Waals surface area contributed by atoms with Crippen molar-refractivity contribution in [2.45, 2.75) is 33.6 Å². The normalized spacial score (nSPS) is 16.6. The number of amides is 1. The van der Waals surface area contributed by atoms with E-state index in [1.807, 2.05) is 0 Å². The Morgan fingerprint density at radius 2 is 1.70 bits per heavy atom. The van der Waals surface area contributed by atoms with Crippen molar-refractivity contribution >= 4 is 17.5 Å². The van der Waals surface area contributed by atoms with Crippen LogP contribution in [0, 0.1) is 31.4 Å². The molecule has 1 aliphatic rings. The van der Waals surface area contributed by atoms with Gasteiger partial charge in [-0.2, -0.15) is 0 Å². The minimum absolute atomic E-state index is 0.0467. The van der Waals surface area contributed by atoms with Crippen LogP contribution < -0.4 is 0 Å². The van der Waals surface area contributed by atoms with Crippen molar-refractivity contribution in [1.82, 2.24) is 4.90 Å². The molecule has 20 heavy (non-hydrogen) atoms. The fourth-order valence-corrected chi connectivity index (χ4v) is 2.73. The monoisotopic (exact) mass is 301 g/mol. The third kappa shape index (κ3) is 2.53. The molecule has 1 aliphatic heterocycles. The van der Waals surface area contributed by atoms with Crippen molar-refractivity contribution in [2.75, 3.05) is 13.1 Å². The zero-order valence-corrected chi connectivity index (χ0v) is 12.7. The lowest BCUT2D eigenvalue weighted by Gasteiger charge is -2.31. The summed E-state index contributed by atoms with van der Waals surface area (Å²) in [6, 6.07) is 0. The summed E-state index contributed by atoms with van der Waals surface area (Å²) in [5.41, 5.74) is 0.129. The van der Waals surface area contributed by atoms with Crippen molar-refractivity contribution in [3.05, 3.63) is 33.3 Å². The van der Waals surface area contributed by atoms with E-state index in [4.69, 9.17) is 11.6 Å². The van der Waals surface area contributed by atoms with Crippen LogP contribution in [0.15, 0.2) is 0 Å². The van der Waals surface area contributed by atoms with Gasteiger partial charge in [0.15, 0.2) is 11.6 Å². The van der Waals surface area contributed by atoms with Gasteiger partial charge in [-0.3, -0.25) is 4.79 Å². The molecule has 1 fully saturated rings. The molecule has 1 aromatic rings. The summed E-state index contributed by atoms with van der Waals surface area (Å²) in [5.74, 6) is -2.03. The zero-order valence-electron chi connectivity index (χ0n) is 11.9. The second-order valence-corrected chi connectivity index (χ2v) is 5.92. The third-order valence-corrected chi connectivity index (χ3v) is 4.63. The Labute approximate surface area is 122 Å². The topological polar surface area (TPSA) is 20.3 Å². The molecule has 0 aromatic heterocycles. The largest absolute Gasteiger partial charge is 0.339 e. The van der Waals surface area contributed by atoms with Gasteiger partial charge in [-0.25, -0.2) is 8.78 Å². The lowest BCUT2D eigenvalue weighted by Crippen LogP contribution is -2.38. The maximum atomic E-state index is 14.1. The number of nitrogens with zero attached hydrogens (tertiary/aromatic N) is 1. The van der Waals surface area contributed by atoms with E-state index in [-0.39, 0.29) is 16.1 Å². The fraction of sp³-hybridized carbons (Fsp3) is 0.533. The number of halogens is 3. The van der Waals surface area contributed by atoms with Gasteiger partial charge < -0.3 is 4.90 Å². The van der Waals surface area contributed by atoms with E-state index in [1.54, 1.807) is 11.8 Å². The highest BCUT2D eigenvalue weighted by atomic mass is 35.5. The molecule has 1 saturated heterocycles. The molecule has 0 radical (unpaired) electrons. The van der Waals surface area contributed by atoms with Crippen LogP contribution in [0.1, 0.15) is 41.3 Å². The van der Waals surface area contributed by atoms with Crippen LogP contribution >= 0.6 is 11.6 Å². The quantitative estimate of drug-likeness (QED) is 0.715. The number of benzene rings is 1. The molecule has 0 atom stereocenters.